The molecular weight excluding hydrogens is 491 g/mol. The van der Waals surface area contributed by atoms with E-state index in [0.29, 0.717) is 23.6 Å². The summed E-state index contributed by atoms with van der Waals surface area (Å²) in [6.07, 6.45) is 7.50. The Morgan fingerprint density at radius 2 is 1.82 bits per heavy atom. The van der Waals surface area contributed by atoms with Gasteiger partial charge in [0.15, 0.2) is 0 Å². The van der Waals surface area contributed by atoms with Gasteiger partial charge in [-0.2, -0.15) is 5.10 Å². The van der Waals surface area contributed by atoms with Gasteiger partial charge in [-0.25, -0.2) is 4.39 Å². The van der Waals surface area contributed by atoms with E-state index in [-0.39, 0.29) is 5.82 Å². The molecule has 5 heterocycles. The number of aromatic nitrogens is 4. The number of pyridine rings is 1. The van der Waals surface area contributed by atoms with E-state index in [2.05, 4.69) is 60.7 Å². The van der Waals surface area contributed by atoms with Crippen molar-refractivity contribution in [3.63, 3.8) is 0 Å². The van der Waals surface area contributed by atoms with Gasteiger partial charge in [0, 0.05) is 47.2 Å². The van der Waals surface area contributed by atoms with Crippen LogP contribution in [0.15, 0.2) is 60.8 Å². The van der Waals surface area contributed by atoms with Crippen molar-refractivity contribution >= 4 is 27.4 Å². The molecule has 2 aliphatic heterocycles. The zero-order valence-corrected chi connectivity index (χ0v) is 21.8. The molecule has 7 rings (SSSR count). The van der Waals surface area contributed by atoms with Gasteiger partial charge in [0.2, 0.25) is 0 Å². The fourth-order valence-corrected chi connectivity index (χ4v) is 5.80. The van der Waals surface area contributed by atoms with E-state index in [0.717, 1.165) is 72.3 Å². The van der Waals surface area contributed by atoms with Crippen LogP contribution >= 0.6 is 0 Å². The Labute approximate surface area is 226 Å². The van der Waals surface area contributed by atoms with Gasteiger partial charge >= 0.3 is 0 Å². The second kappa shape index (κ2) is 10.3. The number of nitrogens with zero attached hydrogens (tertiary/aromatic N) is 3. The van der Waals surface area contributed by atoms with Gasteiger partial charge in [0.1, 0.15) is 23.9 Å². The van der Waals surface area contributed by atoms with Crippen LogP contribution in [0.1, 0.15) is 24.8 Å². The summed E-state index contributed by atoms with van der Waals surface area (Å²) in [6.45, 7) is 5.51. The summed E-state index contributed by atoms with van der Waals surface area (Å²) in [5, 5.41) is 13.2. The Morgan fingerprint density at radius 3 is 2.69 bits per heavy atom. The highest BCUT2D eigenvalue weighted by Crippen LogP contribution is 2.35. The van der Waals surface area contributed by atoms with Crippen molar-refractivity contribution in [3.05, 3.63) is 72.2 Å². The monoisotopic (exact) mass is 522 g/mol. The van der Waals surface area contributed by atoms with Gasteiger partial charge in [-0.15, -0.1) is 0 Å². The highest BCUT2D eigenvalue weighted by Gasteiger charge is 2.17. The van der Waals surface area contributed by atoms with Gasteiger partial charge in [-0.05, 0) is 86.4 Å². The molecule has 7 nitrogen and oxygen atoms in total. The Kier molecular flexibility index (Phi) is 6.34. The number of benzene rings is 2. The zero-order chi connectivity index (χ0) is 26.2. The van der Waals surface area contributed by atoms with Gasteiger partial charge < -0.3 is 15.0 Å². The number of likely N-dealkylation sites (tertiary alicyclic amines) is 1. The molecule has 5 aromatic rings. The molecule has 3 aromatic heterocycles. The van der Waals surface area contributed by atoms with Crippen molar-refractivity contribution in [2.45, 2.75) is 19.3 Å². The van der Waals surface area contributed by atoms with Gasteiger partial charge in [0.25, 0.3) is 0 Å². The summed E-state index contributed by atoms with van der Waals surface area (Å²) in [7, 11) is 0. The van der Waals surface area contributed by atoms with Crippen LogP contribution in [0.2, 0.25) is 0 Å². The number of nitrogens with one attached hydrogen (secondary N) is 3. The van der Waals surface area contributed by atoms with Crippen LogP contribution in [-0.2, 0) is 0 Å². The van der Waals surface area contributed by atoms with Crippen LogP contribution in [0.3, 0.4) is 0 Å². The van der Waals surface area contributed by atoms with Crippen molar-refractivity contribution in [1.29, 1.82) is 0 Å². The van der Waals surface area contributed by atoms with Crippen LogP contribution in [0.4, 0.5) is 4.39 Å². The number of H-pyrrole nitrogens is 2. The van der Waals surface area contributed by atoms with Crippen LogP contribution in [0.5, 0.6) is 5.75 Å². The second-order valence-corrected chi connectivity index (χ2v) is 10.4. The normalized spacial score (nSPS) is 16.3. The smallest absolute Gasteiger partial charge is 0.127 e. The number of aromatic amines is 2. The maximum Gasteiger partial charge on any atom is 0.127 e. The number of halogens is 1. The van der Waals surface area contributed by atoms with Gasteiger partial charge in [-0.1, -0.05) is 12.1 Å². The first-order chi connectivity index (χ1) is 19.2. The van der Waals surface area contributed by atoms with Crippen LogP contribution in [-0.4, -0.2) is 64.4 Å². The van der Waals surface area contributed by atoms with Crippen molar-refractivity contribution in [1.82, 2.24) is 30.4 Å². The van der Waals surface area contributed by atoms with E-state index in [1.54, 1.807) is 6.20 Å². The molecular formula is C31H31FN6O. The Hall–Kier alpha value is -4.01. The maximum absolute atomic E-state index is 14.7. The summed E-state index contributed by atoms with van der Waals surface area (Å²) in [6, 6.07) is 15.3. The van der Waals surface area contributed by atoms with Crippen LogP contribution in [0, 0.1) is 5.82 Å². The molecule has 0 bridgehead atoms. The first kappa shape index (κ1) is 24.1. The number of hydrogen-bond donors (Lipinski definition) is 3. The Morgan fingerprint density at radius 1 is 0.923 bits per heavy atom. The summed E-state index contributed by atoms with van der Waals surface area (Å²) in [5.74, 6) is 0.188. The number of hydrogen-bond acceptors (Lipinski definition) is 5. The summed E-state index contributed by atoms with van der Waals surface area (Å²) in [4.78, 5) is 10.5. The Balaban J connectivity index is 1.22. The first-order valence-corrected chi connectivity index (χ1v) is 13.7. The zero-order valence-electron chi connectivity index (χ0n) is 21.8. The lowest BCUT2D eigenvalue weighted by atomic mass is 9.98. The van der Waals surface area contributed by atoms with E-state index in [4.69, 9.17) is 4.74 Å². The molecule has 8 heteroatoms. The molecule has 2 aromatic carbocycles. The van der Waals surface area contributed by atoms with Crippen molar-refractivity contribution in [2.24, 2.45) is 0 Å². The highest BCUT2D eigenvalue weighted by molar-refractivity contribution is 6.00. The third-order valence-corrected chi connectivity index (χ3v) is 7.82. The van der Waals surface area contributed by atoms with E-state index in [9.17, 15) is 4.39 Å². The molecule has 0 unspecified atom stereocenters. The Bertz CT molecular complexity index is 1680. The van der Waals surface area contributed by atoms with Gasteiger partial charge in [-0.3, -0.25) is 15.0 Å². The molecule has 0 radical (unpaired) electrons. The first-order valence-electron chi connectivity index (χ1n) is 13.7. The third kappa shape index (κ3) is 4.82. The quantitative estimate of drug-likeness (QED) is 0.253. The molecule has 0 aliphatic carbocycles. The molecule has 198 valence electrons. The fraction of sp³-hybridized carbons (Fsp3) is 0.290. The SMILES string of the molecule is Fc1cc(OCCN2CCCC2)cc(-c2nccc3[nH]c(-c4n[nH]c5ccc(C6=CCNCC6)cc45)cc23)c1. The predicted octanol–water partition coefficient (Wildman–Crippen LogP) is 5.76. The lowest BCUT2D eigenvalue weighted by Crippen LogP contribution is -2.25. The highest BCUT2D eigenvalue weighted by atomic mass is 19.1. The third-order valence-electron chi connectivity index (χ3n) is 7.82. The number of fused-ring (bicyclic) bond motifs is 2. The average Bonchev–Trinajstić information content (AvgIpc) is 3.72. The standard InChI is InChI=1S/C31H31FN6O/c32-23-15-22(16-24(18-23)39-14-13-38-11-1-2-12-38)30-26-19-29(35-27(26)7-10-34-30)31-25-17-21(3-4-28(25)36-37-31)20-5-8-33-9-6-20/h3-5,7,10,15-19,33,35H,1-2,6,8-9,11-14H2,(H,36,37). The largest absolute Gasteiger partial charge is 0.492 e. The molecule has 39 heavy (non-hydrogen) atoms. The average molecular weight is 523 g/mol. The number of rotatable bonds is 7. The molecule has 0 amide bonds. The molecule has 2 aliphatic rings. The number of ether oxygens (including phenoxy) is 1. The van der Waals surface area contributed by atoms with Crippen molar-refractivity contribution in [2.75, 3.05) is 39.3 Å². The lowest BCUT2D eigenvalue weighted by Gasteiger charge is -2.15. The molecule has 0 atom stereocenters. The lowest BCUT2D eigenvalue weighted by molar-refractivity contribution is 0.237. The van der Waals surface area contributed by atoms with Gasteiger partial charge in [0.05, 0.1) is 16.9 Å². The molecule has 0 spiro atoms. The van der Waals surface area contributed by atoms with E-state index in [1.165, 1.54) is 36.1 Å². The van der Waals surface area contributed by atoms with E-state index >= 15 is 0 Å². The molecule has 0 saturated carbocycles. The summed E-state index contributed by atoms with van der Waals surface area (Å²) >= 11 is 0. The van der Waals surface area contributed by atoms with Crippen LogP contribution in [0.25, 0.3) is 50.0 Å². The maximum atomic E-state index is 14.7. The van der Waals surface area contributed by atoms with Crippen molar-refractivity contribution < 1.29 is 9.13 Å². The van der Waals surface area contributed by atoms with Crippen LogP contribution < -0.4 is 10.1 Å². The second-order valence-electron chi connectivity index (χ2n) is 10.4. The predicted molar refractivity (Wildman–Crippen MR) is 153 cm³/mol. The molecule has 3 N–H and O–H groups in total. The topological polar surface area (TPSA) is 81.9 Å². The minimum absolute atomic E-state index is 0.337. The minimum atomic E-state index is -0.337. The van der Waals surface area contributed by atoms with E-state index < -0.39 is 0 Å². The van der Waals surface area contributed by atoms with Crippen molar-refractivity contribution in [3.8, 4) is 28.4 Å². The summed E-state index contributed by atoms with van der Waals surface area (Å²) < 4.78 is 20.6. The minimum Gasteiger partial charge on any atom is -0.492 e. The molecule has 1 saturated heterocycles. The molecule has 1 fully saturated rings. The fourth-order valence-electron chi connectivity index (χ4n) is 5.80. The summed E-state index contributed by atoms with van der Waals surface area (Å²) in [5.41, 5.74) is 7.63. The van der Waals surface area contributed by atoms with E-state index in [1.807, 2.05) is 12.1 Å².